The van der Waals surface area contributed by atoms with Crippen molar-refractivity contribution in [2.24, 2.45) is 0 Å². The first kappa shape index (κ1) is 83.1. The second-order valence-electron chi connectivity index (χ2n) is 32.7. The molecule has 21 aromatic rings. The van der Waals surface area contributed by atoms with Gasteiger partial charge in [-0.2, -0.15) is 0 Å². The lowest BCUT2D eigenvalue weighted by atomic mass is 9.81. The summed E-state index contributed by atoms with van der Waals surface area (Å²) < 4.78 is 0. The van der Waals surface area contributed by atoms with Crippen LogP contribution in [0.4, 0.5) is 11.4 Å². The van der Waals surface area contributed by atoms with E-state index in [4.69, 9.17) is 68.8 Å². The largest absolute Gasteiger partial charge is 0.300 e. The lowest BCUT2D eigenvalue weighted by molar-refractivity contribution is 0.663. The highest BCUT2D eigenvalue weighted by atomic mass is 15.1. The maximum absolute atomic E-state index is 9.14. The van der Waals surface area contributed by atoms with Crippen molar-refractivity contribution in [1.82, 2.24) is 44.9 Å². The SMILES string of the molecule is N=C(/C=C\C(=N)c1c(-c2nc(-c3ccccc3)nc(-c3ccccc3)n2)ccc2ccccc12)c1ccccc1.[C-]#[N+]c1cccc2c1C(C)(C)c1cc(-c3ccc(-c4c(-c5nc(-c6ccccc6)nc(-c6ccccc6)n5)ccc5ccccc45)cc3)ccc1-2.[C-]#[N+]c1ccccc1-c1ccc(-c2c(-c3nc(-c4ccccc4)nc(-c4ccccc4)n3)ccc3ccccc23)cc1. The Bertz CT molecular complexity index is 7930. The summed E-state index contributed by atoms with van der Waals surface area (Å²) >= 11 is 0. The zero-order valence-electron chi connectivity index (χ0n) is 72.6. The molecule has 1 aliphatic rings. The molecule has 2 N–H and O–H groups in total. The molecule has 0 bridgehead atoms. The Hall–Kier alpha value is -18.2. The van der Waals surface area contributed by atoms with Crippen LogP contribution in [0.1, 0.15) is 36.1 Å². The van der Waals surface area contributed by atoms with E-state index in [1.165, 1.54) is 11.1 Å². The van der Waals surface area contributed by atoms with Crippen LogP contribution in [0.15, 0.2) is 443 Å². The maximum Gasteiger partial charge on any atom is 0.194 e. The van der Waals surface area contributed by atoms with Crippen LogP contribution >= 0.6 is 0 Å². The fraction of sp³-hybridized carbons (Fsp3) is 0.0250. The fourth-order valence-corrected chi connectivity index (χ4v) is 17.6. The molecule has 3 aromatic heterocycles. The molecule has 22 rings (SSSR count). The Morgan fingerprint density at radius 3 is 0.977 bits per heavy atom. The van der Waals surface area contributed by atoms with Crippen LogP contribution in [0, 0.1) is 24.0 Å². The lowest BCUT2D eigenvalue weighted by Crippen LogP contribution is -2.15. The third-order valence-corrected chi connectivity index (χ3v) is 24.2. The van der Waals surface area contributed by atoms with E-state index in [1.807, 2.05) is 285 Å². The van der Waals surface area contributed by atoms with Crippen molar-refractivity contribution in [2.45, 2.75) is 19.3 Å². The van der Waals surface area contributed by atoms with E-state index < -0.39 is 0 Å². The number of benzene rings is 18. The van der Waals surface area contributed by atoms with Gasteiger partial charge in [-0.15, -0.1) is 0 Å². The number of aromatic nitrogens is 9. The molecule has 0 atom stereocenters. The molecule has 13 nitrogen and oxygen atoms in total. The molecule has 133 heavy (non-hydrogen) atoms. The Labute approximate surface area is 771 Å². The first-order valence-electron chi connectivity index (χ1n) is 43.9. The van der Waals surface area contributed by atoms with E-state index in [2.05, 4.69) is 169 Å². The van der Waals surface area contributed by atoms with Crippen molar-refractivity contribution in [1.29, 1.82) is 10.8 Å². The van der Waals surface area contributed by atoms with Gasteiger partial charge >= 0.3 is 0 Å². The predicted octanol–water partition coefficient (Wildman–Crippen LogP) is 30.1. The number of allylic oxidation sites excluding steroid dienone is 2. The van der Waals surface area contributed by atoms with E-state index in [0.717, 1.165) is 149 Å². The van der Waals surface area contributed by atoms with Gasteiger partial charge < -0.3 is 10.8 Å². The molecule has 0 aliphatic heterocycles. The average molecular weight is 1710 g/mol. The van der Waals surface area contributed by atoms with Gasteiger partial charge in [0.25, 0.3) is 0 Å². The normalized spacial score (nSPS) is 11.6. The van der Waals surface area contributed by atoms with E-state index in [1.54, 1.807) is 12.2 Å². The van der Waals surface area contributed by atoms with Crippen LogP contribution in [0.5, 0.6) is 0 Å². The summed E-state index contributed by atoms with van der Waals surface area (Å²) in [6, 6.07) is 145. The molecule has 13 heteroatoms. The monoisotopic (exact) mass is 1700 g/mol. The van der Waals surface area contributed by atoms with Gasteiger partial charge in [-0.3, -0.25) is 0 Å². The van der Waals surface area contributed by atoms with Crippen LogP contribution in [0.2, 0.25) is 0 Å². The van der Waals surface area contributed by atoms with Crippen molar-refractivity contribution >= 4 is 55.1 Å². The summed E-state index contributed by atoms with van der Waals surface area (Å²) in [5.74, 6) is 5.41. The molecule has 3 heterocycles. The molecule has 0 fully saturated rings. The van der Waals surface area contributed by atoms with Crippen molar-refractivity contribution < 1.29 is 0 Å². The minimum Gasteiger partial charge on any atom is -0.300 e. The van der Waals surface area contributed by atoms with Crippen molar-refractivity contribution in [3.63, 3.8) is 0 Å². The minimum atomic E-state index is -0.263. The van der Waals surface area contributed by atoms with Crippen LogP contribution in [-0.4, -0.2) is 56.3 Å². The van der Waals surface area contributed by atoms with Gasteiger partial charge in [0, 0.05) is 72.2 Å². The van der Waals surface area contributed by atoms with Crippen LogP contribution in [-0.2, 0) is 5.41 Å². The zero-order valence-corrected chi connectivity index (χ0v) is 72.6. The zero-order chi connectivity index (χ0) is 90.1. The van der Waals surface area contributed by atoms with Crippen molar-refractivity contribution in [2.75, 3.05) is 0 Å². The molecule has 0 radical (unpaired) electrons. The van der Waals surface area contributed by atoms with Gasteiger partial charge in [0.2, 0.25) is 0 Å². The van der Waals surface area contributed by atoms with E-state index in [0.29, 0.717) is 69.4 Å². The number of hydrogen-bond acceptors (Lipinski definition) is 11. The quantitative estimate of drug-likeness (QED) is 0.0665. The molecule has 0 unspecified atom stereocenters. The smallest absolute Gasteiger partial charge is 0.194 e. The van der Waals surface area contributed by atoms with Gasteiger partial charge in [-0.1, -0.05) is 420 Å². The number of fused-ring (bicyclic) bond motifs is 6. The summed E-state index contributed by atoms with van der Waals surface area (Å²) in [4.78, 5) is 52.3. The van der Waals surface area contributed by atoms with Crippen LogP contribution < -0.4 is 0 Å². The average Bonchev–Trinajstić information content (AvgIpc) is 1.56. The molecule has 1 aliphatic carbocycles. The number of hydrogen-bond donors (Lipinski definition) is 2. The molecular weight excluding hydrogens is 1620 g/mol. The van der Waals surface area contributed by atoms with E-state index in [-0.39, 0.29) is 11.1 Å². The third kappa shape index (κ3) is 17.1. The summed E-state index contributed by atoms with van der Waals surface area (Å²) in [7, 11) is 0. The number of rotatable bonds is 17. The summed E-state index contributed by atoms with van der Waals surface area (Å²) in [6.07, 6.45) is 3.35. The second-order valence-corrected chi connectivity index (χ2v) is 32.7. The lowest BCUT2D eigenvalue weighted by Gasteiger charge is -2.23. The number of nitrogens with one attached hydrogen (secondary N) is 2. The third-order valence-electron chi connectivity index (χ3n) is 24.2. The van der Waals surface area contributed by atoms with E-state index in [9.17, 15) is 0 Å². The number of nitrogens with zero attached hydrogens (tertiary/aromatic N) is 11. The molecule has 626 valence electrons. The summed E-state index contributed by atoms with van der Waals surface area (Å²) in [5, 5.41) is 24.1. The molecule has 0 spiro atoms. The fourth-order valence-electron chi connectivity index (χ4n) is 17.6. The molecular formula is C120H81N13. The standard InChI is InChI=1S/C47H32N4.C38H24N4.C35H25N5/c1-47(2)40-29-35(26-27-37(40)38-19-12-20-41(48-3)43(38)47)30-21-23-32(24-22-30)42-36-18-11-10-13-31(36)25-28-39(42)46-50-44(33-14-6-4-7-15-33)49-45(51-46)34-16-8-5-9-17-34;1-39-34-19-11-10-17-31(34)27-20-22-28(23-21-27)35-32-18-9-8-12-26(32)24-25-33(35)38-41-36(29-13-4-2-5-14-29)40-37(42-38)30-15-6-3-7-16-30;36-30(25-13-4-1-5-14-25)22-23-31(37)32-28-19-11-10-12-24(28)20-21-29(32)35-39-33(26-15-6-2-7-16-26)38-34(40-35)27-17-8-3-9-18-27/h4-29H,1-2H3;2-25H;1-23,36-37H/b;;23-22-,36-30?,37-31?. The Kier molecular flexibility index (Phi) is 23.1. The van der Waals surface area contributed by atoms with Crippen LogP contribution in [0.3, 0.4) is 0 Å². The first-order chi connectivity index (χ1) is 65.4. The van der Waals surface area contributed by atoms with E-state index >= 15 is 0 Å². The highest BCUT2D eigenvalue weighted by Crippen LogP contribution is 2.54. The summed E-state index contributed by atoms with van der Waals surface area (Å²) in [5.41, 5.74) is 24.6. The molecule has 0 saturated heterocycles. The Morgan fingerprint density at radius 1 is 0.241 bits per heavy atom. The minimum absolute atomic E-state index is 0.263. The molecule has 0 amide bonds. The maximum atomic E-state index is 9.14. The van der Waals surface area contributed by atoms with Gasteiger partial charge in [0.1, 0.15) is 0 Å². The molecule has 18 aromatic carbocycles. The highest BCUT2D eigenvalue weighted by Gasteiger charge is 2.38. The highest BCUT2D eigenvalue weighted by molar-refractivity contribution is 6.21. The van der Waals surface area contributed by atoms with Gasteiger partial charge in [-0.25, -0.2) is 54.5 Å². The van der Waals surface area contributed by atoms with Crippen molar-refractivity contribution in [3.05, 3.63) is 488 Å². The Balaban J connectivity index is 0.000000125. The predicted molar refractivity (Wildman–Crippen MR) is 542 cm³/mol. The van der Waals surface area contributed by atoms with Crippen molar-refractivity contribution in [3.8, 4) is 158 Å². The van der Waals surface area contributed by atoms with Gasteiger partial charge in [-0.05, 0) is 130 Å². The van der Waals surface area contributed by atoms with Gasteiger partial charge in [0.05, 0.1) is 24.6 Å². The molecule has 0 saturated carbocycles. The Morgan fingerprint density at radius 2 is 0.549 bits per heavy atom. The number of para-hydroxylation sites is 1. The summed E-state index contributed by atoms with van der Waals surface area (Å²) in [6.45, 7) is 19.8. The second kappa shape index (κ2) is 37.0. The topological polar surface area (TPSA) is 172 Å². The van der Waals surface area contributed by atoms with Crippen LogP contribution in [0.25, 0.3) is 200 Å². The van der Waals surface area contributed by atoms with Gasteiger partial charge in [0.15, 0.2) is 63.8 Å². The first-order valence-corrected chi connectivity index (χ1v) is 43.9.